The van der Waals surface area contributed by atoms with Gasteiger partial charge in [-0.2, -0.15) is 0 Å². The summed E-state index contributed by atoms with van der Waals surface area (Å²) in [5.41, 5.74) is 0. The number of imidazole rings is 1. The van der Waals surface area contributed by atoms with Crippen molar-refractivity contribution >= 4 is 11.8 Å². The second-order valence-electron chi connectivity index (χ2n) is 2.85. The lowest BCUT2D eigenvalue weighted by molar-refractivity contribution is 0.616. The minimum Gasteiger partial charge on any atom is -0.340 e. The van der Waals surface area contributed by atoms with Crippen LogP contribution in [0, 0.1) is 0 Å². The van der Waals surface area contributed by atoms with Crippen molar-refractivity contribution in [3.05, 3.63) is 12.4 Å². The van der Waals surface area contributed by atoms with Crippen LogP contribution < -0.4 is 5.32 Å². The molecule has 0 saturated carbocycles. The van der Waals surface area contributed by atoms with Gasteiger partial charge < -0.3 is 10.3 Å². The summed E-state index contributed by atoms with van der Waals surface area (Å²) in [5.74, 6) is 1.06. The number of H-pyrrole nitrogens is 1. The Morgan fingerprint density at radius 1 is 1.67 bits per heavy atom. The van der Waals surface area contributed by atoms with E-state index in [4.69, 9.17) is 0 Å². The third kappa shape index (κ3) is 3.78. The molecule has 1 rings (SSSR count). The van der Waals surface area contributed by atoms with Crippen LogP contribution in [0.15, 0.2) is 17.6 Å². The van der Waals surface area contributed by atoms with E-state index in [1.807, 2.05) is 6.20 Å². The molecule has 0 bridgehead atoms. The van der Waals surface area contributed by atoms with Gasteiger partial charge in [0.05, 0.1) is 0 Å². The highest BCUT2D eigenvalue weighted by Crippen LogP contribution is 2.09. The standard InChI is InChI=1S/C8H15N3S/c1-7(2)9-5-6-12-8-10-3-4-11-8/h3-4,7,9H,5-6H2,1-2H3,(H,10,11). The molecular weight excluding hydrogens is 170 g/mol. The fourth-order valence-electron chi connectivity index (χ4n) is 0.825. The maximum absolute atomic E-state index is 4.11. The van der Waals surface area contributed by atoms with E-state index in [0.29, 0.717) is 6.04 Å². The van der Waals surface area contributed by atoms with Gasteiger partial charge in [0.25, 0.3) is 0 Å². The van der Waals surface area contributed by atoms with Crippen LogP contribution in [-0.2, 0) is 0 Å². The average molecular weight is 185 g/mol. The van der Waals surface area contributed by atoms with Crippen molar-refractivity contribution in [1.29, 1.82) is 0 Å². The van der Waals surface area contributed by atoms with E-state index >= 15 is 0 Å². The molecule has 68 valence electrons. The molecule has 0 saturated heterocycles. The monoisotopic (exact) mass is 185 g/mol. The van der Waals surface area contributed by atoms with Gasteiger partial charge in [0.1, 0.15) is 0 Å². The van der Waals surface area contributed by atoms with Gasteiger partial charge in [-0.3, -0.25) is 0 Å². The van der Waals surface area contributed by atoms with Crippen LogP contribution >= 0.6 is 11.8 Å². The molecule has 0 fully saturated rings. The average Bonchev–Trinajstić information content (AvgIpc) is 2.49. The van der Waals surface area contributed by atoms with Crippen LogP contribution in [0.3, 0.4) is 0 Å². The van der Waals surface area contributed by atoms with Gasteiger partial charge in [-0.1, -0.05) is 25.6 Å². The molecule has 2 N–H and O–H groups in total. The molecule has 1 heterocycles. The molecule has 3 nitrogen and oxygen atoms in total. The van der Waals surface area contributed by atoms with Crippen molar-refractivity contribution in [3.63, 3.8) is 0 Å². The highest BCUT2D eigenvalue weighted by atomic mass is 32.2. The van der Waals surface area contributed by atoms with Crippen molar-refractivity contribution in [3.8, 4) is 0 Å². The molecule has 1 aromatic heterocycles. The first-order valence-corrected chi connectivity index (χ1v) is 5.13. The van der Waals surface area contributed by atoms with Crippen molar-refractivity contribution in [2.75, 3.05) is 12.3 Å². The molecule has 12 heavy (non-hydrogen) atoms. The summed E-state index contributed by atoms with van der Waals surface area (Å²) in [7, 11) is 0. The first-order valence-electron chi connectivity index (χ1n) is 4.14. The number of hydrogen-bond acceptors (Lipinski definition) is 3. The second kappa shape index (κ2) is 5.22. The highest BCUT2D eigenvalue weighted by molar-refractivity contribution is 7.99. The normalized spacial score (nSPS) is 10.9. The van der Waals surface area contributed by atoms with Crippen molar-refractivity contribution < 1.29 is 0 Å². The minimum absolute atomic E-state index is 0.571. The fourth-order valence-corrected chi connectivity index (χ4v) is 1.53. The largest absolute Gasteiger partial charge is 0.340 e. The van der Waals surface area contributed by atoms with Gasteiger partial charge in [-0.05, 0) is 0 Å². The Morgan fingerprint density at radius 2 is 2.50 bits per heavy atom. The van der Waals surface area contributed by atoms with Crippen LogP contribution in [0.1, 0.15) is 13.8 Å². The third-order valence-corrected chi connectivity index (χ3v) is 2.27. The predicted molar refractivity (Wildman–Crippen MR) is 52.5 cm³/mol. The molecule has 0 aliphatic carbocycles. The van der Waals surface area contributed by atoms with E-state index in [9.17, 15) is 0 Å². The maximum Gasteiger partial charge on any atom is 0.165 e. The Bertz CT molecular complexity index is 196. The predicted octanol–water partition coefficient (Wildman–Crippen LogP) is 1.50. The van der Waals surface area contributed by atoms with Gasteiger partial charge in [0.2, 0.25) is 0 Å². The maximum atomic E-state index is 4.11. The van der Waals surface area contributed by atoms with Crippen molar-refractivity contribution in [2.45, 2.75) is 25.0 Å². The van der Waals surface area contributed by atoms with Crippen LogP contribution in [0.4, 0.5) is 0 Å². The van der Waals surface area contributed by atoms with E-state index in [-0.39, 0.29) is 0 Å². The molecule has 0 atom stereocenters. The van der Waals surface area contributed by atoms with E-state index in [1.54, 1.807) is 18.0 Å². The minimum atomic E-state index is 0.571. The number of aromatic nitrogens is 2. The Labute approximate surface area is 77.4 Å². The lowest BCUT2D eigenvalue weighted by atomic mass is 10.4. The van der Waals surface area contributed by atoms with Gasteiger partial charge in [0.15, 0.2) is 5.16 Å². The SMILES string of the molecule is CC(C)NCCSc1ncc[nH]1. The van der Waals surface area contributed by atoms with Gasteiger partial charge in [-0.15, -0.1) is 0 Å². The molecule has 0 spiro atoms. The molecular formula is C8H15N3S. The topological polar surface area (TPSA) is 40.7 Å². The molecule has 1 aromatic rings. The molecule has 0 aromatic carbocycles. The number of nitrogens with one attached hydrogen (secondary N) is 2. The zero-order chi connectivity index (χ0) is 8.81. The molecule has 4 heteroatoms. The van der Waals surface area contributed by atoms with E-state index in [0.717, 1.165) is 17.5 Å². The Morgan fingerprint density at radius 3 is 3.08 bits per heavy atom. The summed E-state index contributed by atoms with van der Waals surface area (Å²) in [6, 6.07) is 0.571. The second-order valence-corrected chi connectivity index (χ2v) is 3.94. The van der Waals surface area contributed by atoms with Gasteiger partial charge >= 0.3 is 0 Å². The van der Waals surface area contributed by atoms with Crippen molar-refractivity contribution in [1.82, 2.24) is 15.3 Å². The van der Waals surface area contributed by atoms with Crippen LogP contribution in [0.2, 0.25) is 0 Å². The Kier molecular flexibility index (Phi) is 4.18. The number of hydrogen-bond donors (Lipinski definition) is 2. The number of thioether (sulfide) groups is 1. The highest BCUT2D eigenvalue weighted by Gasteiger charge is 1.95. The fraction of sp³-hybridized carbons (Fsp3) is 0.625. The molecule has 0 radical (unpaired) electrons. The zero-order valence-corrected chi connectivity index (χ0v) is 8.32. The van der Waals surface area contributed by atoms with Gasteiger partial charge in [0, 0.05) is 30.7 Å². The van der Waals surface area contributed by atoms with Gasteiger partial charge in [-0.25, -0.2) is 4.98 Å². The molecule has 0 unspecified atom stereocenters. The molecule has 0 aliphatic heterocycles. The van der Waals surface area contributed by atoms with E-state index in [1.165, 1.54) is 0 Å². The summed E-state index contributed by atoms with van der Waals surface area (Å²) in [6.45, 7) is 5.33. The molecule has 0 aliphatic rings. The Hall–Kier alpha value is -0.480. The number of rotatable bonds is 5. The zero-order valence-electron chi connectivity index (χ0n) is 7.50. The van der Waals surface area contributed by atoms with Crippen LogP contribution in [0.5, 0.6) is 0 Å². The Balaban J connectivity index is 2.04. The summed E-state index contributed by atoms with van der Waals surface area (Å²) in [4.78, 5) is 7.16. The third-order valence-electron chi connectivity index (χ3n) is 1.37. The first-order chi connectivity index (χ1) is 5.79. The van der Waals surface area contributed by atoms with Crippen molar-refractivity contribution in [2.24, 2.45) is 0 Å². The van der Waals surface area contributed by atoms with E-state index in [2.05, 4.69) is 29.1 Å². The van der Waals surface area contributed by atoms with E-state index < -0.39 is 0 Å². The van der Waals surface area contributed by atoms with Crippen LogP contribution in [0.25, 0.3) is 0 Å². The first kappa shape index (κ1) is 9.61. The molecule has 0 amide bonds. The summed E-state index contributed by atoms with van der Waals surface area (Å²) in [6.07, 6.45) is 3.62. The summed E-state index contributed by atoms with van der Waals surface area (Å²) < 4.78 is 0. The smallest absolute Gasteiger partial charge is 0.165 e. The summed E-state index contributed by atoms with van der Waals surface area (Å²) in [5, 5.41) is 4.35. The quantitative estimate of drug-likeness (QED) is 0.539. The lowest BCUT2D eigenvalue weighted by Crippen LogP contribution is -2.24. The summed E-state index contributed by atoms with van der Waals surface area (Å²) >= 11 is 1.74. The van der Waals surface area contributed by atoms with Crippen LogP contribution in [-0.4, -0.2) is 28.3 Å². The number of nitrogens with zero attached hydrogens (tertiary/aromatic N) is 1. The lowest BCUT2D eigenvalue weighted by Gasteiger charge is -2.05. The number of aromatic amines is 1.